The first-order chi connectivity index (χ1) is 13.4. The van der Waals surface area contributed by atoms with E-state index in [0.717, 1.165) is 3.57 Å². The zero-order valence-corrected chi connectivity index (χ0v) is 18.3. The van der Waals surface area contributed by atoms with Crippen LogP contribution in [0.1, 0.15) is 20.7 Å². The maximum Gasteiger partial charge on any atom is 0.257 e. The lowest BCUT2D eigenvalue weighted by Crippen LogP contribution is -2.34. The highest BCUT2D eigenvalue weighted by Gasteiger charge is 2.11. The van der Waals surface area contributed by atoms with E-state index in [2.05, 4.69) is 38.5 Å². The second-order valence-electron chi connectivity index (χ2n) is 5.58. The minimum Gasteiger partial charge on any atom is -0.496 e. The van der Waals surface area contributed by atoms with Gasteiger partial charge in [0.05, 0.1) is 17.3 Å². The van der Waals surface area contributed by atoms with Crippen molar-refractivity contribution in [1.29, 1.82) is 0 Å². The van der Waals surface area contributed by atoms with Gasteiger partial charge in [-0.25, -0.2) is 0 Å². The summed E-state index contributed by atoms with van der Waals surface area (Å²) in [6.07, 6.45) is 0. The number of hydrogen-bond donors (Lipinski definition) is 3. The Labute approximate surface area is 182 Å². The molecule has 148 valence electrons. The molecule has 0 unspecified atom stereocenters. The van der Waals surface area contributed by atoms with Crippen molar-refractivity contribution in [3.8, 4) is 5.75 Å². The molecule has 0 spiro atoms. The molecule has 0 heterocycles. The van der Waals surface area contributed by atoms with Crippen LogP contribution in [0.25, 0.3) is 0 Å². The highest BCUT2D eigenvalue weighted by molar-refractivity contribution is 14.1. The van der Waals surface area contributed by atoms with Gasteiger partial charge in [0.15, 0.2) is 5.11 Å². The number of carbonyl (C=O) groups excluding carboxylic acids is 2. The number of halogens is 1. The Hall–Kier alpha value is -2.24. The summed E-state index contributed by atoms with van der Waals surface area (Å²) in [6, 6.07) is 11.9. The van der Waals surface area contributed by atoms with Gasteiger partial charge in [-0.3, -0.25) is 14.9 Å². The highest BCUT2D eigenvalue weighted by Crippen LogP contribution is 2.21. The molecule has 2 aromatic rings. The van der Waals surface area contributed by atoms with Crippen molar-refractivity contribution >= 4 is 57.4 Å². The lowest BCUT2D eigenvalue weighted by Gasteiger charge is -2.11. The van der Waals surface area contributed by atoms with E-state index in [4.69, 9.17) is 21.7 Å². The van der Waals surface area contributed by atoms with Gasteiger partial charge >= 0.3 is 0 Å². The molecule has 0 radical (unpaired) electrons. The Morgan fingerprint density at radius 2 is 1.71 bits per heavy atom. The molecule has 0 aliphatic carbocycles. The predicted molar refractivity (Wildman–Crippen MR) is 120 cm³/mol. The molecule has 0 saturated carbocycles. The van der Waals surface area contributed by atoms with Gasteiger partial charge < -0.3 is 20.1 Å². The van der Waals surface area contributed by atoms with Crippen LogP contribution in [0.3, 0.4) is 0 Å². The molecule has 0 aromatic heterocycles. The normalized spacial score (nSPS) is 10.1. The first kappa shape index (κ1) is 22.1. The molecule has 7 nitrogen and oxygen atoms in total. The Balaban J connectivity index is 1.91. The third-order valence-electron chi connectivity index (χ3n) is 3.64. The molecular weight excluding hydrogens is 493 g/mol. The summed E-state index contributed by atoms with van der Waals surface area (Å²) < 4.78 is 10.9. The number of hydrogen-bond acceptors (Lipinski definition) is 5. The fourth-order valence-corrected chi connectivity index (χ4v) is 3.16. The van der Waals surface area contributed by atoms with Crippen LogP contribution in [0.15, 0.2) is 42.5 Å². The van der Waals surface area contributed by atoms with Crippen molar-refractivity contribution in [3.63, 3.8) is 0 Å². The Morgan fingerprint density at radius 3 is 2.32 bits per heavy atom. The smallest absolute Gasteiger partial charge is 0.257 e. The van der Waals surface area contributed by atoms with Crippen molar-refractivity contribution in [1.82, 2.24) is 10.6 Å². The van der Waals surface area contributed by atoms with Crippen LogP contribution in [0, 0.1) is 3.57 Å². The van der Waals surface area contributed by atoms with E-state index in [9.17, 15) is 9.59 Å². The van der Waals surface area contributed by atoms with E-state index in [1.165, 1.54) is 0 Å². The van der Waals surface area contributed by atoms with Gasteiger partial charge in [0.25, 0.3) is 11.8 Å². The van der Waals surface area contributed by atoms with Crippen molar-refractivity contribution in [2.75, 3.05) is 32.7 Å². The zero-order chi connectivity index (χ0) is 20.5. The number of carbonyl (C=O) groups is 2. The third kappa shape index (κ3) is 6.43. The number of rotatable bonds is 7. The largest absolute Gasteiger partial charge is 0.496 e. The summed E-state index contributed by atoms with van der Waals surface area (Å²) in [5.41, 5.74) is 1.64. The van der Waals surface area contributed by atoms with E-state index in [1.807, 2.05) is 0 Å². The average molecular weight is 513 g/mol. The molecule has 0 aliphatic rings. The van der Waals surface area contributed by atoms with Crippen LogP contribution in [0.2, 0.25) is 0 Å². The molecule has 2 rings (SSSR count). The second kappa shape index (κ2) is 10.9. The Morgan fingerprint density at radius 1 is 1.04 bits per heavy atom. The zero-order valence-electron chi connectivity index (χ0n) is 15.4. The third-order valence-corrected chi connectivity index (χ3v) is 4.68. The minimum absolute atomic E-state index is 0.160. The van der Waals surface area contributed by atoms with Crippen molar-refractivity contribution < 1.29 is 19.1 Å². The van der Waals surface area contributed by atoms with E-state index in [0.29, 0.717) is 35.7 Å². The number of amides is 2. The first-order valence-corrected chi connectivity index (χ1v) is 9.76. The van der Waals surface area contributed by atoms with Crippen molar-refractivity contribution in [3.05, 3.63) is 57.2 Å². The molecular formula is C19H20IN3O4S. The maximum atomic E-state index is 12.3. The maximum absolute atomic E-state index is 12.3. The molecule has 0 saturated heterocycles. The number of thiocarbonyl (C=S) groups is 1. The average Bonchev–Trinajstić information content (AvgIpc) is 2.68. The summed E-state index contributed by atoms with van der Waals surface area (Å²) >= 11 is 7.28. The van der Waals surface area contributed by atoms with E-state index < -0.39 is 0 Å². The second-order valence-corrected chi connectivity index (χ2v) is 7.15. The van der Waals surface area contributed by atoms with Crippen molar-refractivity contribution in [2.45, 2.75) is 0 Å². The predicted octanol–water partition coefficient (Wildman–Crippen LogP) is 2.80. The lowest BCUT2D eigenvalue weighted by molar-refractivity contribution is 0.0935. The number of nitrogens with one attached hydrogen (secondary N) is 3. The van der Waals surface area contributed by atoms with Crippen LogP contribution in [-0.2, 0) is 4.74 Å². The SMILES string of the molecule is COCCNC(=O)c1ccc(NC(=S)NC(=O)c2ccc(OC)c(I)c2)cc1. The molecule has 0 bridgehead atoms. The van der Waals surface area contributed by atoms with Crippen LogP contribution < -0.4 is 20.7 Å². The fourth-order valence-electron chi connectivity index (χ4n) is 2.22. The number of benzene rings is 2. The molecule has 0 fully saturated rings. The molecule has 28 heavy (non-hydrogen) atoms. The fraction of sp³-hybridized carbons (Fsp3) is 0.211. The monoisotopic (exact) mass is 513 g/mol. The van der Waals surface area contributed by atoms with Crippen LogP contribution >= 0.6 is 34.8 Å². The van der Waals surface area contributed by atoms with Gasteiger partial charge in [0.2, 0.25) is 0 Å². The lowest BCUT2D eigenvalue weighted by atomic mass is 10.2. The van der Waals surface area contributed by atoms with Crippen LogP contribution in [0.5, 0.6) is 5.75 Å². The van der Waals surface area contributed by atoms with Gasteiger partial charge in [-0.05, 0) is 77.3 Å². The van der Waals surface area contributed by atoms with Crippen molar-refractivity contribution in [2.24, 2.45) is 0 Å². The van der Waals surface area contributed by atoms with Gasteiger partial charge in [0, 0.05) is 30.5 Å². The first-order valence-electron chi connectivity index (χ1n) is 8.27. The Bertz CT molecular complexity index is 859. The molecule has 0 aliphatic heterocycles. The van der Waals surface area contributed by atoms with E-state index >= 15 is 0 Å². The van der Waals surface area contributed by atoms with Gasteiger partial charge in [0.1, 0.15) is 5.75 Å². The topological polar surface area (TPSA) is 88.7 Å². The van der Waals surface area contributed by atoms with Gasteiger partial charge in [-0.2, -0.15) is 0 Å². The van der Waals surface area contributed by atoms with Crippen LogP contribution in [0.4, 0.5) is 5.69 Å². The molecule has 2 amide bonds. The quantitative estimate of drug-likeness (QED) is 0.300. The number of ether oxygens (including phenoxy) is 2. The Kier molecular flexibility index (Phi) is 8.61. The molecule has 0 atom stereocenters. The van der Waals surface area contributed by atoms with Gasteiger partial charge in [-0.1, -0.05) is 0 Å². The molecule has 9 heteroatoms. The highest BCUT2D eigenvalue weighted by atomic mass is 127. The summed E-state index contributed by atoms with van der Waals surface area (Å²) in [4.78, 5) is 24.3. The summed E-state index contributed by atoms with van der Waals surface area (Å²) in [6.45, 7) is 0.891. The standard InChI is InChI=1S/C19H20IN3O4S/c1-26-10-9-21-17(24)12-3-6-14(7-4-12)22-19(28)23-18(25)13-5-8-16(27-2)15(20)11-13/h3-8,11H,9-10H2,1-2H3,(H,21,24)(H2,22,23,25,28). The number of anilines is 1. The summed E-state index contributed by atoms with van der Waals surface area (Å²) in [5.74, 6) is 0.185. The van der Waals surface area contributed by atoms with E-state index in [-0.39, 0.29) is 16.9 Å². The molecule has 3 N–H and O–H groups in total. The van der Waals surface area contributed by atoms with Gasteiger partial charge in [-0.15, -0.1) is 0 Å². The number of methoxy groups -OCH3 is 2. The van der Waals surface area contributed by atoms with E-state index in [1.54, 1.807) is 56.7 Å². The summed E-state index contributed by atoms with van der Waals surface area (Å²) in [5, 5.41) is 8.45. The van der Waals surface area contributed by atoms with Crippen LogP contribution in [-0.4, -0.2) is 44.3 Å². The molecule has 2 aromatic carbocycles. The summed E-state index contributed by atoms with van der Waals surface area (Å²) in [7, 11) is 3.15. The minimum atomic E-state index is -0.327.